The molecule has 1 fully saturated rings. The summed E-state index contributed by atoms with van der Waals surface area (Å²) >= 11 is 0. The second-order valence-corrected chi connectivity index (χ2v) is 4.42. The second-order valence-electron chi connectivity index (χ2n) is 4.42. The Hall–Kier alpha value is -1.62. The summed E-state index contributed by atoms with van der Waals surface area (Å²) in [4.78, 5) is 12.7. The number of anilines is 1. The van der Waals surface area contributed by atoms with E-state index in [0.29, 0.717) is 37.2 Å². The van der Waals surface area contributed by atoms with Crippen LogP contribution < -0.4 is 4.90 Å². The van der Waals surface area contributed by atoms with Gasteiger partial charge in [-0.3, -0.25) is 10.1 Å². The molecule has 1 saturated heterocycles. The lowest BCUT2D eigenvalue weighted by Crippen LogP contribution is -2.36. The molecule has 1 aliphatic heterocycles. The third-order valence-electron chi connectivity index (χ3n) is 3.20. The molecule has 1 aromatic carbocycles. The van der Waals surface area contributed by atoms with Crippen molar-refractivity contribution in [1.82, 2.24) is 0 Å². The molecular weight excluding hydrogens is 220 g/mol. The first-order valence-electron chi connectivity index (χ1n) is 5.76. The highest BCUT2D eigenvalue weighted by Gasteiger charge is 2.24. The summed E-state index contributed by atoms with van der Waals surface area (Å²) in [6.07, 6.45) is 1.08. The average molecular weight is 236 g/mol. The molecule has 17 heavy (non-hydrogen) atoms. The van der Waals surface area contributed by atoms with E-state index in [0.717, 1.165) is 0 Å². The monoisotopic (exact) mass is 236 g/mol. The zero-order valence-electron chi connectivity index (χ0n) is 9.80. The molecule has 1 aromatic rings. The highest BCUT2D eigenvalue weighted by Crippen LogP contribution is 2.32. The molecule has 0 unspecified atom stereocenters. The first-order valence-corrected chi connectivity index (χ1v) is 5.76. The molecule has 2 rings (SSSR count). The van der Waals surface area contributed by atoms with E-state index in [1.807, 2.05) is 11.0 Å². The van der Waals surface area contributed by atoms with Gasteiger partial charge in [0.05, 0.1) is 11.0 Å². The lowest BCUT2D eigenvalue weighted by Gasteiger charge is -2.31. The van der Waals surface area contributed by atoms with Gasteiger partial charge in [0.15, 0.2) is 0 Å². The molecular formula is C12H16N2O3. The van der Waals surface area contributed by atoms with Crippen molar-refractivity contribution in [1.29, 1.82) is 0 Å². The Kier molecular flexibility index (Phi) is 3.28. The van der Waals surface area contributed by atoms with Gasteiger partial charge < -0.3 is 10.0 Å². The minimum Gasteiger partial charge on any atom is -0.393 e. The molecule has 0 bridgehead atoms. The van der Waals surface area contributed by atoms with Gasteiger partial charge in [0, 0.05) is 18.7 Å². The number of para-hydroxylation sites is 1. The van der Waals surface area contributed by atoms with Crippen LogP contribution in [0.4, 0.5) is 11.4 Å². The van der Waals surface area contributed by atoms with Crippen molar-refractivity contribution in [3.05, 3.63) is 33.9 Å². The first-order chi connectivity index (χ1) is 8.09. The maximum Gasteiger partial charge on any atom is 0.295 e. The normalized spacial score (nSPS) is 17.2. The number of hydrogen-bond acceptors (Lipinski definition) is 4. The van der Waals surface area contributed by atoms with Crippen LogP contribution in [0.15, 0.2) is 18.2 Å². The van der Waals surface area contributed by atoms with E-state index in [1.165, 1.54) is 0 Å². The van der Waals surface area contributed by atoms with Crippen LogP contribution in [0.2, 0.25) is 0 Å². The van der Waals surface area contributed by atoms with Gasteiger partial charge in [0.25, 0.3) is 5.69 Å². The molecule has 0 atom stereocenters. The van der Waals surface area contributed by atoms with Crippen molar-refractivity contribution in [2.75, 3.05) is 18.0 Å². The summed E-state index contributed by atoms with van der Waals surface area (Å²) in [5.74, 6) is 0. The zero-order chi connectivity index (χ0) is 12.4. The number of nitro groups is 1. The summed E-state index contributed by atoms with van der Waals surface area (Å²) in [6, 6.07) is 5.37. The van der Waals surface area contributed by atoms with E-state index >= 15 is 0 Å². The number of nitro benzene ring substituents is 1. The number of rotatable bonds is 2. The minimum absolute atomic E-state index is 0.184. The number of piperidine rings is 1. The average Bonchev–Trinajstić information content (AvgIpc) is 2.29. The summed E-state index contributed by atoms with van der Waals surface area (Å²) < 4.78 is 0. The van der Waals surface area contributed by atoms with Crippen molar-refractivity contribution in [3.8, 4) is 0 Å². The molecule has 92 valence electrons. The Morgan fingerprint density at radius 1 is 1.41 bits per heavy atom. The number of nitrogens with zero attached hydrogens (tertiary/aromatic N) is 2. The summed E-state index contributed by atoms with van der Waals surface area (Å²) in [5.41, 5.74) is 1.53. The third kappa shape index (κ3) is 2.39. The summed E-state index contributed by atoms with van der Waals surface area (Å²) in [7, 11) is 0. The van der Waals surface area contributed by atoms with Gasteiger partial charge >= 0.3 is 0 Å². The van der Waals surface area contributed by atoms with Crippen LogP contribution >= 0.6 is 0 Å². The number of benzene rings is 1. The van der Waals surface area contributed by atoms with Gasteiger partial charge in [-0.25, -0.2) is 0 Å². The fourth-order valence-electron chi connectivity index (χ4n) is 2.24. The molecule has 0 amide bonds. The van der Waals surface area contributed by atoms with Crippen LogP contribution in [0, 0.1) is 17.0 Å². The Morgan fingerprint density at radius 3 is 2.65 bits per heavy atom. The predicted octanol–water partition coefficient (Wildman–Crippen LogP) is 1.86. The van der Waals surface area contributed by atoms with Gasteiger partial charge in [-0.05, 0) is 25.8 Å². The number of aliphatic hydroxyl groups is 1. The van der Waals surface area contributed by atoms with Gasteiger partial charge in [-0.2, -0.15) is 0 Å². The molecule has 1 heterocycles. The Morgan fingerprint density at radius 2 is 2.06 bits per heavy atom. The molecule has 0 radical (unpaired) electrons. The molecule has 1 N–H and O–H groups in total. The van der Waals surface area contributed by atoms with E-state index in [2.05, 4.69) is 0 Å². The van der Waals surface area contributed by atoms with Gasteiger partial charge in [0.2, 0.25) is 0 Å². The molecule has 0 aromatic heterocycles. The lowest BCUT2D eigenvalue weighted by atomic mass is 10.1. The highest BCUT2D eigenvalue weighted by molar-refractivity contribution is 5.66. The molecule has 5 heteroatoms. The summed E-state index contributed by atoms with van der Waals surface area (Å²) in [5, 5.41) is 20.5. The smallest absolute Gasteiger partial charge is 0.295 e. The predicted molar refractivity (Wildman–Crippen MR) is 65.3 cm³/mol. The number of aryl methyl sites for hydroxylation is 1. The van der Waals surface area contributed by atoms with Gasteiger partial charge in [-0.15, -0.1) is 0 Å². The van der Waals surface area contributed by atoms with E-state index in [9.17, 15) is 15.2 Å². The van der Waals surface area contributed by atoms with Crippen molar-refractivity contribution >= 4 is 11.4 Å². The fourth-order valence-corrected chi connectivity index (χ4v) is 2.24. The minimum atomic E-state index is -0.324. The highest BCUT2D eigenvalue weighted by atomic mass is 16.6. The van der Waals surface area contributed by atoms with Crippen LogP contribution in [-0.2, 0) is 0 Å². The number of hydrogen-bond donors (Lipinski definition) is 1. The first kappa shape index (κ1) is 11.9. The van der Waals surface area contributed by atoms with E-state index < -0.39 is 0 Å². The van der Waals surface area contributed by atoms with Crippen LogP contribution in [0.3, 0.4) is 0 Å². The third-order valence-corrected chi connectivity index (χ3v) is 3.20. The lowest BCUT2D eigenvalue weighted by molar-refractivity contribution is -0.384. The molecule has 5 nitrogen and oxygen atoms in total. The van der Waals surface area contributed by atoms with Crippen molar-refractivity contribution in [2.24, 2.45) is 0 Å². The summed E-state index contributed by atoms with van der Waals surface area (Å²) in [6.45, 7) is 3.09. The second kappa shape index (κ2) is 4.71. The van der Waals surface area contributed by atoms with Crippen molar-refractivity contribution < 1.29 is 10.0 Å². The van der Waals surface area contributed by atoms with Gasteiger partial charge in [-0.1, -0.05) is 12.1 Å². The quantitative estimate of drug-likeness (QED) is 0.628. The van der Waals surface area contributed by atoms with Crippen LogP contribution in [0.5, 0.6) is 0 Å². The molecule has 0 spiro atoms. The van der Waals surface area contributed by atoms with Gasteiger partial charge in [0.1, 0.15) is 5.69 Å². The largest absolute Gasteiger partial charge is 0.393 e. The topological polar surface area (TPSA) is 66.6 Å². The molecule has 1 aliphatic rings. The van der Waals surface area contributed by atoms with Crippen LogP contribution in [-0.4, -0.2) is 29.2 Å². The standard InChI is InChI=1S/C12H16N2O3/c1-9-3-2-4-11(12(9)14(16)17)13-7-5-10(15)6-8-13/h2-4,10,15H,5-8H2,1H3. The maximum atomic E-state index is 11.1. The SMILES string of the molecule is Cc1cccc(N2CCC(O)CC2)c1[N+](=O)[O-]. The fraction of sp³-hybridized carbons (Fsp3) is 0.500. The molecule has 0 saturated carbocycles. The molecule has 0 aliphatic carbocycles. The Bertz CT molecular complexity index is 426. The van der Waals surface area contributed by atoms with E-state index in [4.69, 9.17) is 0 Å². The maximum absolute atomic E-state index is 11.1. The number of aliphatic hydroxyl groups excluding tert-OH is 1. The Balaban J connectivity index is 2.32. The van der Waals surface area contributed by atoms with Crippen LogP contribution in [0.25, 0.3) is 0 Å². The van der Waals surface area contributed by atoms with E-state index in [1.54, 1.807) is 19.1 Å². The van der Waals surface area contributed by atoms with Crippen molar-refractivity contribution in [2.45, 2.75) is 25.9 Å². The zero-order valence-corrected chi connectivity index (χ0v) is 9.80. The van der Waals surface area contributed by atoms with E-state index in [-0.39, 0.29) is 16.7 Å². The van der Waals surface area contributed by atoms with Crippen molar-refractivity contribution in [3.63, 3.8) is 0 Å². The Labute approximate surface area is 99.8 Å². The van der Waals surface area contributed by atoms with Crippen LogP contribution in [0.1, 0.15) is 18.4 Å².